The van der Waals surface area contributed by atoms with Gasteiger partial charge in [0.15, 0.2) is 0 Å². The van der Waals surface area contributed by atoms with Gasteiger partial charge < -0.3 is 10.6 Å². The number of carbonyl (C=O) groups is 1. The van der Waals surface area contributed by atoms with Gasteiger partial charge in [-0.15, -0.1) is 17.5 Å². The molecule has 1 aromatic heterocycles. The number of nitrogens with zero attached hydrogens (tertiary/aromatic N) is 3. The first-order valence-electron chi connectivity index (χ1n) is 8.18. The molecule has 0 saturated carbocycles. The van der Waals surface area contributed by atoms with Crippen LogP contribution in [0.1, 0.15) is 24.2 Å². The molecule has 2 N–H and O–H groups in total. The summed E-state index contributed by atoms with van der Waals surface area (Å²) in [6.45, 7) is 4.84. The number of hydrogen-bond donors (Lipinski definition) is 2. The van der Waals surface area contributed by atoms with Crippen LogP contribution in [0.4, 0.5) is 0 Å². The van der Waals surface area contributed by atoms with Gasteiger partial charge in [0, 0.05) is 6.54 Å². The van der Waals surface area contributed by atoms with Crippen LogP contribution in [0.3, 0.4) is 0 Å². The lowest BCUT2D eigenvalue weighted by Crippen LogP contribution is -2.28. The van der Waals surface area contributed by atoms with Gasteiger partial charge in [0.05, 0.1) is 23.5 Å². The Labute approximate surface area is 148 Å². The van der Waals surface area contributed by atoms with E-state index in [4.69, 9.17) is 0 Å². The second kappa shape index (κ2) is 8.80. The zero-order valence-corrected chi connectivity index (χ0v) is 14.7. The Kier molecular flexibility index (Phi) is 6.75. The van der Waals surface area contributed by atoms with Crippen molar-refractivity contribution in [2.75, 3.05) is 19.6 Å². The fourth-order valence-electron chi connectivity index (χ4n) is 2.93. The molecule has 0 spiro atoms. The highest BCUT2D eigenvalue weighted by molar-refractivity contribution is 5.85. The molecule has 1 aliphatic rings. The van der Waals surface area contributed by atoms with Crippen LogP contribution in [0.25, 0.3) is 5.69 Å². The molecular weight excluding hydrogens is 326 g/mol. The number of aromatic nitrogens is 3. The van der Waals surface area contributed by atoms with Gasteiger partial charge in [-0.3, -0.25) is 4.79 Å². The Morgan fingerprint density at radius 2 is 2.17 bits per heavy atom. The molecule has 1 atom stereocenters. The summed E-state index contributed by atoms with van der Waals surface area (Å²) in [5.41, 5.74) is 2.60. The maximum atomic E-state index is 12.1. The third-order valence-corrected chi connectivity index (χ3v) is 4.36. The van der Waals surface area contributed by atoms with Gasteiger partial charge in [0.1, 0.15) is 0 Å². The summed E-state index contributed by atoms with van der Waals surface area (Å²) in [6, 6.07) is 9.83. The molecule has 0 radical (unpaired) electrons. The number of para-hydroxylation sites is 1. The van der Waals surface area contributed by atoms with Crippen molar-refractivity contribution < 1.29 is 4.79 Å². The fourth-order valence-corrected chi connectivity index (χ4v) is 2.93. The van der Waals surface area contributed by atoms with Crippen molar-refractivity contribution in [3.63, 3.8) is 0 Å². The first-order valence-corrected chi connectivity index (χ1v) is 8.18. The van der Waals surface area contributed by atoms with Gasteiger partial charge in [0.2, 0.25) is 5.91 Å². The number of hydrogen-bond acceptors (Lipinski definition) is 4. The molecule has 1 fully saturated rings. The predicted octanol–water partition coefficient (Wildman–Crippen LogP) is 1.66. The average molecular weight is 350 g/mol. The monoisotopic (exact) mass is 349 g/mol. The number of halogens is 1. The summed E-state index contributed by atoms with van der Waals surface area (Å²) in [5, 5.41) is 14.7. The third kappa shape index (κ3) is 4.55. The molecule has 1 unspecified atom stereocenters. The second-order valence-corrected chi connectivity index (χ2v) is 6.04. The smallest absolute Gasteiger partial charge is 0.226 e. The Bertz CT molecular complexity index is 652. The van der Waals surface area contributed by atoms with Crippen LogP contribution in [-0.4, -0.2) is 40.5 Å². The number of rotatable bonds is 6. The molecule has 1 aromatic carbocycles. The molecule has 3 rings (SSSR count). The van der Waals surface area contributed by atoms with Crippen LogP contribution in [-0.2, 0) is 11.2 Å². The highest BCUT2D eigenvalue weighted by Gasteiger charge is 2.16. The first kappa shape index (κ1) is 18.4. The Morgan fingerprint density at radius 1 is 1.38 bits per heavy atom. The van der Waals surface area contributed by atoms with Gasteiger partial charge in [-0.25, -0.2) is 4.68 Å². The molecule has 2 aromatic rings. The van der Waals surface area contributed by atoms with E-state index in [1.807, 2.05) is 37.3 Å². The molecule has 6 nitrogen and oxygen atoms in total. The van der Waals surface area contributed by atoms with Gasteiger partial charge in [-0.1, -0.05) is 23.4 Å². The van der Waals surface area contributed by atoms with Gasteiger partial charge >= 0.3 is 0 Å². The zero-order valence-electron chi connectivity index (χ0n) is 13.9. The van der Waals surface area contributed by atoms with E-state index >= 15 is 0 Å². The Balaban J connectivity index is 0.00000208. The first-order chi connectivity index (χ1) is 11.2. The van der Waals surface area contributed by atoms with E-state index in [-0.39, 0.29) is 24.7 Å². The summed E-state index contributed by atoms with van der Waals surface area (Å²) >= 11 is 0. The lowest BCUT2D eigenvalue weighted by molar-refractivity contribution is -0.120. The fraction of sp³-hybridized carbons (Fsp3) is 0.471. The van der Waals surface area contributed by atoms with E-state index < -0.39 is 0 Å². The van der Waals surface area contributed by atoms with Crippen LogP contribution >= 0.6 is 12.4 Å². The summed E-state index contributed by atoms with van der Waals surface area (Å²) < 4.78 is 1.77. The summed E-state index contributed by atoms with van der Waals surface area (Å²) in [6.07, 6.45) is 2.52. The maximum Gasteiger partial charge on any atom is 0.226 e. The molecule has 1 aliphatic heterocycles. The molecule has 2 heterocycles. The minimum absolute atomic E-state index is 0. The number of amides is 1. The minimum Gasteiger partial charge on any atom is -0.356 e. The minimum atomic E-state index is 0. The maximum absolute atomic E-state index is 12.1. The van der Waals surface area contributed by atoms with Gasteiger partial charge in [-0.2, -0.15) is 0 Å². The van der Waals surface area contributed by atoms with Crippen molar-refractivity contribution >= 4 is 18.3 Å². The molecule has 130 valence electrons. The topological polar surface area (TPSA) is 71.8 Å². The molecule has 7 heteroatoms. The van der Waals surface area contributed by atoms with Crippen LogP contribution in [0.2, 0.25) is 0 Å². The van der Waals surface area contributed by atoms with E-state index in [1.165, 1.54) is 6.42 Å². The molecule has 0 aliphatic carbocycles. The predicted molar refractivity (Wildman–Crippen MR) is 95.7 cm³/mol. The van der Waals surface area contributed by atoms with Crippen molar-refractivity contribution in [3.05, 3.63) is 41.7 Å². The van der Waals surface area contributed by atoms with Crippen LogP contribution in [0.5, 0.6) is 0 Å². The lowest BCUT2D eigenvalue weighted by Gasteiger charge is -2.09. The van der Waals surface area contributed by atoms with Crippen molar-refractivity contribution in [1.82, 2.24) is 25.6 Å². The molecule has 1 saturated heterocycles. The molecule has 24 heavy (non-hydrogen) atoms. The standard InChI is InChI=1S/C17H23N5O.ClH/c1-13-16(20-21-22(13)15-5-3-2-4-6-15)11-17(23)19-10-8-14-7-9-18-12-14;/h2-6,14,18H,7-12H2,1H3,(H,19,23);1H. The summed E-state index contributed by atoms with van der Waals surface area (Å²) in [7, 11) is 0. The van der Waals surface area contributed by atoms with Gasteiger partial charge in [-0.05, 0) is 50.9 Å². The van der Waals surface area contributed by atoms with E-state index in [0.717, 1.165) is 43.1 Å². The zero-order chi connectivity index (χ0) is 16.1. The highest BCUT2D eigenvalue weighted by Crippen LogP contribution is 2.13. The number of benzene rings is 1. The SMILES string of the molecule is Cc1c(CC(=O)NCCC2CCNC2)nnn1-c1ccccc1.Cl. The normalized spacial score (nSPS) is 16.6. The van der Waals surface area contributed by atoms with E-state index in [2.05, 4.69) is 20.9 Å². The molecule has 1 amide bonds. The van der Waals surface area contributed by atoms with Gasteiger partial charge in [0.25, 0.3) is 0 Å². The van der Waals surface area contributed by atoms with Crippen LogP contribution < -0.4 is 10.6 Å². The van der Waals surface area contributed by atoms with Crippen molar-refractivity contribution in [2.45, 2.75) is 26.2 Å². The average Bonchev–Trinajstić information content (AvgIpc) is 3.19. The third-order valence-electron chi connectivity index (χ3n) is 4.36. The molecule has 0 bridgehead atoms. The lowest BCUT2D eigenvalue weighted by atomic mass is 10.1. The van der Waals surface area contributed by atoms with Crippen molar-refractivity contribution in [1.29, 1.82) is 0 Å². The second-order valence-electron chi connectivity index (χ2n) is 6.04. The Morgan fingerprint density at radius 3 is 2.88 bits per heavy atom. The number of carbonyl (C=O) groups excluding carboxylic acids is 1. The van der Waals surface area contributed by atoms with Crippen LogP contribution in [0, 0.1) is 12.8 Å². The summed E-state index contributed by atoms with van der Waals surface area (Å²) in [4.78, 5) is 12.1. The Hall–Kier alpha value is -1.92. The van der Waals surface area contributed by atoms with E-state index in [9.17, 15) is 4.79 Å². The summed E-state index contributed by atoms with van der Waals surface area (Å²) in [5.74, 6) is 0.704. The van der Waals surface area contributed by atoms with E-state index in [0.29, 0.717) is 5.92 Å². The largest absolute Gasteiger partial charge is 0.356 e. The van der Waals surface area contributed by atoms with Crippen molar-refractivity contribution in [2.24, 2.45) is 5.92 Å². The van der Waals surface area contributed by atoms with Crippen LogP contribution in [0.15, 0.2) is 30.3 Å². The van der Waals surface area contributed by atoms with E-state index in [1.54, 1.807) is 4.68 Å². The highest BCUT2D eigenvalue weighted by atomic mass is 35.5. The number of nitrogens with one attached hydrogen (secondary N) is 2. The quantitative estimate of drug-likeness (QED) is 0.832. The molecular formula is C17H24ClN5O. The van der Waals surface area contributed by atoms with Crippen molar-refractivity contribution in [3.8, 4) is 5.69 Å².